The fourth-order valence-corrected chi connectivity index (χ4v) is 3.88. The Hall–Kier alpha value is -2.32. The maximum Gasteiger partial charge on any atom is 0.256 e. The highest BCUT2D eigenvalue weighted by Crippen LogP contribution is 2.25. The van der Waals surface area contributed by atoms with Gasteiger partial charge in [-0.3, -0.25) is 14.2 Å². The van der Waals surface area contributed by atoms with E-state index in [2.05, 4.69) is 10.5 Å². The topological polar surface area (TPSA) is 106 Å². The van der Waals surface area contributed by atoms with Crippen LogP contribution in [0, 0.1) is 20.8 Å². The van der Waals surface area contributed by atoms with Gasteiger partial charge in [-0.1, -0.05) is 5.16 Å². The molecule has 1 atom stereocenters. The SMILES string of the molecule is Cc1cc(-n2c(C)cc(C(=O)N3CCCCC3CNC(=O)CCN)c2C)no1.Cl. The highest BCUT2D eigenvalue weighted by atomic mass is 35.5. The number of rotatable bonds is 6. The molecule has 3 heterocycles. The van der Waals surface area contributed by atoms with Gasteiger partial charge in [0.15, 0.2) is 5.82 Å². The zero-order chi connectivity index (χ0) is 20.3. The van der Waals surface area contributed by atoms with Gasteiger partial charge in [0.25, 0.3) is 5.91 Å². The molecule has 1 saturated heterocycles. The van der Waals surface area contributed by atoms with Gasteiger partial charge in [0.2, 0.25) is 5.91 Å². The lowest BCUT2D eigenvalue weighted by atomic mass is 10.0. The van der Waals surface area contributed by atoms with Crippen LogP contribution >= 0.6 is 12.4 Å². The maximum atomic E-state index is 13.3. The largest absolute Gasteiger partial charge is 0.360 e. The molecule has 1 aliphatic heterocycles. The van der Waals surface area contributed by atoms with Crippen molar-refractivity contribution in [2.45, 2.75) is 52.5 Å². The van der Waals surface area contributed by atoms with E-state index in [-0.39, 0.29) is 30.3 Å². The van der Waals surface area contributed by atoms with E-state index in [0.29, 0.717) is 37.4 Å². The molecule has 8 nitrogen and oxygen atoms in total. The van der Waals surface area contributed by atoms with Gasteiger partial charge in [-0.05, 0) is 46.1 Å². The standard InChI is InChI=1S/C20H29N5O3.ClH/c1-13-10-17(15(3)25(13)18-11-14(2)28-23-18)20(27)24-9-5-4-6-16(24)12-22-19(26)7-8-21;/h10-11,16H,4-9,12,21H2,1-3H3,(H,22,26);1H. The number of halogens is 1. The molecule has 3 rings (SSSR count). The number of carbonyl (C=O) groups is 2. The highest BCUT2D eigenvalue weighted by molar-refractivity contribution is 5.96. The monoisotopic (exact) mass is 423 g/mol. The summed E-state index contributed by atoms with van der Waals surface area (Å²) in [6.45, 7) is 7.20. The summed E-state index contributed by atoms with van der Waals surface area (Å²) in [5, 5.41) is 6.99. The van der Waals surface area contributed by atoms with Crippen molar-refractivity contribution in [3.8, 4) is 5.82 Å². The van der Waals surface area contributed by atoms with Crippen LogP contribution in [0.5, 0.6) is 0 Å². The molecule has 0 saturated carbocycles. The number of aromatic nitrogens is 2. The van der Waals surface area contributed by atoms with Gasteiger partial charge in [0, 0.05) is 49.6 Å². The number of piperidine rings is 1. The van der Waals surface area contributed by atoms with Crippen LogP contribution in [0.3, 0.4) is 0 Å². The van der Waals surface area contributed by atoms with E-state index in [1.54, 1.807) is 0 Å². The molecule has 0 bridgehead atoms. The summed E-state index contributed by atoms with van der Waals surface area (Å²) >= 11 is 0. The van der Waals surface area contributed by atoms with Gasteiger partial charge in [0.05, 0.1) is 5.56 Å². The lowest BCUT2D eigenvalue weighted by Crippen LogP contribution is -2.49. The molecule has 0 aliphatic carbocycles. The molecule has 2 amide bonds. The first-order chi connectivity index (χ1) is 13.4. The molecule has 9 heteroatoms. The number of hydrogen-bond donors (Lipinski definition) is 2. The third-order valence-electron chi connectivity index (χ3n) is 5.30. The van der Waals surface area contributed by atoms with Crippen LogP contribution in [0.1, 0.15) is 53.2 Å². The molecular weight excluding hydrogens is 394 g/mol. The minimum atomic E-state index is -0.0694. The van der Waals surface area contributed by atoms with Crippen molar-refractivity contribution in [2.75, 3.05) is 19.6 Å². The number of amides is 2. The van der Waals surface area contributed by atoms with Crippen molar-refractivity contribution in [3.05, 3.63) is 34.8 Å². The molecule has 0 spiro atoms. The number of nitrogens with zero attached hydrogens (tertiary/aromatic N) is 3. The summed E-state index contributed by atoms with van der Waals surface area (Å²) in [4.78, 5) is 27.0. The molecule has 0 aromatic carbocycles. The predicted molar refractivity (Wildman–Crippen MR) is 113 cm³/mol. The van der Waals surface area contributed by atoms with Crippen molar-refractivity contribution < 1.29 is 14.1 Å². The number of hydrogen-bond acceptors (Lipinski definition) is 5. The highest BCUT2D eigenvalue weighted by Gasteiger charge is 2.30. The molecule has 0 radical (unpaired) electrons. The fraction of sp³-hybridized carbons (Fsp3) is 0.550. The Morgan fingerprint density at radius 1 is 1.28 bits per heavy atom. The number of carbonyl (C=O) groups excluding carboxylic acids is 2. The molecule has 3 N–H and O–H groups in total. The van der Waals surface area contributed by atoms with Crippen LogP contribution in [0.2, 0.25) is 0 Å². The smallest absolute Gasteiger partial charge is 0.256 e. The third kappa shape index (κ3) is 5.00. The van der Waals surface area contributed by atoms with Crippen LogP contribution in [0.25, 0.3) is 5.82 Å². The Labute approximate surface area is 177 Å². The number of aryl methyl sites for hydroxylation is 2. The van der Waals surface area contributed by atoms with E-state index in [9.17, 15) is 9.59 Å². The summed E-state index contributed by atoms with van der Waals surface area (Å²) in [5.74, 6) is 1.33. The van der Waals surface area contributed by atoms with Crippen LogP contribution in [0.4, 0.5) is 0 Å². The van der Waals surface area contributed by atoms with Gasteiger partial charge in [-0.25, -0.2) is 0 Å². The Morgan fingerprint density at radius 3 is 2.69 bits per heavy atom. The average Bonchev–Trinajstić information content (AvgIpc) is 3.22. The van der Waals surface area contributed by atoms with E-state index < -0.39 is 0 Å². The average molecular weight is 424 g/mol. The normalized spacial score (nSPS) is 16.4. The van der Waals surface area contributed by atoms with E-state index in [1.165, 1.54) is 0 Å². The van der Waals surface area contributed by atoms with E-state index in [4.69, 9.17) is 10.3 Å². The van der Waals surface area contributed by atoms with Gasteiger partial charge in [-0.2, -0.15) is 0 Å². The van der Waals surface area contributed by atoms with Crippen LogP contribution in [0.15, 0.2) is 16.7 Å². The Morgan fingerprint density at radius 2 is 2.03 bits per heavy atom. The fourth-order valence-electron chi connectivity index (χ4n) is 3.88. The Kier molecular flexibility index (Phi) is 7.87. The minimum absolute atomic E-state index is 0. The summed E-state index contributed by atoms with van der Waals surface area (Å²) < 4.78 is 7.13. The number of nitrogens with two attached hydrogens (primary N) is 1. The lowest BCUT2D eigenvalue weighted by molar-refractivity contribution is -0.121. The van der Waals surface area contributed by atoms with E-state index in [0.717, 1.165) is 36.4 Å². The van der Waals surface area contributed by atoms with Crippen molar-refractivity contribution in [1.29, 1.82) is 0 Å². The summed E-state index contributed by atoms with van der Waals surface area (Å²) in [6.07, 6.45) is 3.22. The third-order valence-corrected chi connectivity index (χ3v) is 5.30. The quantitative estimate of drug-likeness (QED) is 0.741. The lowest BCUT2D eigenvalue weighted by Gasteiger charge is -2.36. The van der Waals surface area contributed by atoms with Gasteiger partial charge in [0.1, 0.15) is 5.76 Å². The molecule has 1 aliphatic rings. The Balaban J connectivity index is 0.00000300. The second kappa shape index (κ2) is 9.93. The zero-order valence-corrected chi connectivity index (χ0v) is 18.1. The van der Waals surface area contributed by atoms with E-state index >= 15 is 0 Å². The zero-order valence-electron chi connectivity index (χ0n) is 17.2. The van der Waals surface area contributed by atoms with Crippen LogP contribution in [-0.2, 0) is 4.79 Å². The second-order valence-corrected chi connectivity index (χ2v) is 7.41. The predicted octanol–water partition coefficient (Wildman–Crippen LogP) is 2.27. The molecule has 29 heavy (non-hydrogen) atoms. The van der Waals surface area contributed by atoms with Crippen molar-refractivity contribution in [3.63, 3.8) is 0 Å². The van der Waals surface area contributed by atoms with Gasteiger partial charge in [-0.15, -0.1) is 12.4 Å². The molecule has 1 unspecified atom stereocenters. The maximum absolute atomic E-state index is 13.3. The molecular formula is C20H30ClN5O3. The first kappa shape index (κ1) is 23.0. The molecule has 160 valence electrons. The van der Waals surface area contributed by atoms with E-state index in [1.807, 2.05) is 42.4 Å². The van der Waals surface area contributed by atoms with Crippen LogP contribution < -0.4 is 11.1 Å². The summed E-state index contributed by atoms with van der Waals surface area (Å²) in [5.41, 5.74) is 7.87. The number of nitrogens with one attached hydrogen (secondary N) is 1. The summed E-state index contributed by atoms with van der Waals surface area (Å²) in [6, 6.07) is 3.76. The number of likely N-dealkylation sites (tertiary alicyclic amines) is 1. The van der Waals surface area contributed by atoms with Gasteiger partial charge < -0.3 is 20.5 Å². The minimum Gasteiger partial charge on any atom is -0.360 e. The van der Waals surface area contributed by atoms with Gasteiger partial charge >= 0.3 is 0 Å². The van der Waals surface area contributed by atoms with Crippen molar-refractivity contribution >= 4 is 24.2 Å². The first-order valence-electron chi connectivity index (χ1n) is 9.82. The summed E-state index contributed by atoms with van der Waals surface area (Å²) in [7, 11) is 0. The molecule has 2 aromatic rings. The van der Waals surface area contributed by atoms with Crippen LogP contribution in [-0.4, -0.2) is 52.1 Å². The second-order valence-electron chi connectivity index (χ2n) is 7.41. The first-order valence-corrected chi connectivity index (χ1v) is 9.82. The Bertz CT molecular complexity index is 860. The molecule has 1 fully saturated rings. The molecule has 2 aromatic heterocycles. The van der Waals surface area contributed by atoms with Crippen molar-refractivity contribution in [2.24, 2.45) is 5.73 Å². The van der Waals surface area contributed by atoms with Crippen molar-refractivity contribution in [1.82, 2.24) is 19.9 Å².